The predicted molar refractivity (Wildman–Crippen MR) is 83.1 cm³/mol. The smallest absolute Gasteiger partial charge is 0.245 e. The van der Waals surface area contributed by atoms with E-state index >= 15 is 0 Å². The van der Waals surface area contributed by atoms with Gasteiger partial charge in [-0.05, 0) is 24.6 Å². The number of likely N-dealkylation sites (N-methyl/N-ethyl adjacent to an activating group) is 1. The molecule has 0 aliphatic rings. The second-order valence-electron chi connectivity index (χ2n) is 4.73. The first-order chi connectivity index (χ1) is 10.4. The molecule has 0 bridgehead atoms. The fraction of sp³-hybridized carbons (Fsp3) is 0.571. The molecule has 0 aromatic heterocycles. The highest BCUT2D eigenvalue weighted by Gasteiger charge is 2.24. The first kappa shape index (κ1) is 18.8. The van der Waals surface area contributed by atoms with Crippen molar-refractivity contribution in [2.24, 2.45) is 0 Å². The van der Waals surface area contributed by atoms with Gasteiger partial charge in [0.1, 0.15) is 10.7 Å². The summed E-state index contributed by atoms with van der Waals surface area (Å²) in [6.07, 6.45) is 0.715. The van der Waals surface area contributed by atoms with Crippen LogP contribution in [0.4, 0.5) is 10.1 Å². The van der Waals surface area contributed by atoms with Gasteiger partial charge in [0.2, 0.25) is 10.0 Å². The van der Waals surface area contributed by atoms with Crippen LogP contribution in [0.25, 0.3) is 0 Å². The maximum absolute atomic E-state index is 13.5. The van der Waals surface area contributed by atoms with Gasteiger partial charge < -0.3 is 14.8 Å². The van der Waals surface area contributed by atoms with Crippen molar-refractivity contribution < 1.29 is 22.3 Å². The van der Waals surface area contributed by atoms with Crippen LogP contribution in [-0.4, -0.2) is 60.3 Å². The van der Waals surface area contributed by atoms with Gasteiger partial charge in [0.25, 0.3) is 0 Å². The number of hydrogen-bond donors (Lipinski definition) is 1. The number of ether oxygens (including phenoxy) is 2. The second-order valence-corrected chi connectivity index (χ2v) is 6.75. The quantitative estimate of drug-likeness (QED) is 0.658. The third-order valence-electron chi connectivity index (χ3n) is 3.08. The molecule has 0 fully saturated rings. The van der Waals surface area contributed by atoms with Gasteiger partial charge in [-0.2, -0.15) is 4.31 Å². The van der Waals surface area contributed by atoms with Gasteiger partial charge in [0.05, 0.1) is 12.3 Å². The molecule has 22 heavy (non-hydrogen) atoms. The van der Waals surface area contributed by atoms with E-state index < -0.39 is 15.8 Å². The summed E-state index contributed by atoms with van der Waals surface area (Å²) in [5.74, 6) is -0.596. The lowest BCUT2D eigenvalue weighted by atomic mass is 10.3. The SMILES string of the molecule is COCCCNc1ccc(F)cc1S(=O)(=O)N(C)CCOC. The molecule has 1 N–H and O–H groups in total. The first-order valence-corrected chi connectivity index (χ1v) is 8.35. The molecule has 1 aromatic rings. The fourth-order valence-electron chi connectivity index (χ4n) is 1.80. The number of hydrogen-bond acceptors (Lipinski definition) is 5. The Balaban J connectivity index is 2.97. The van der Waals surface area contributed by atoms with Crippen molar-refractivity contribution in [2.75, 3.05) is 52.9 Å². The van der Waals surface area contributed by atoms with E-state index in [2.05, 4.69) is 5.32 Å². The normalized spacial score (nSPS) is 11.9. The fourth-order valence-corrected chi connectivity index (χ4v) is 3.13. The molecular weight excluding hydrogens is 311 g/mol. The van der Waals surface area contributed by atoms with Crippen LogP contribution in [0.3, 0.4) is 0 Å². The number of nitrogens with one attached hydrogen (secondary N) is 1. The Labute approximate surface area is 131 Å². The van der Waals surface area contributed by atoms with Crippen LogP contribution in [0.5, 0.6) is 0 Å². The van der Waals surface area contributed by atoms with E-state index in [-0.39, 0.29) is 18.0 Å². The van der Waals surface area contributed by atoms with E-state index in [9.17, 15) is 12.8 Å². The summed E-state index contributed by atoms with van der Waals surface area (Å²) in [5, 5.41) is 3.01. The van der Waals surface area contributed by atoms with Crippen molar-refractivity contribution in [1.29, 1.82) is 0 Å². The van der Waals surface area contributed by atoms with Crippen LogP contribution >= 0.6 is 0 Å². The highest BCUT2D eigenvalue weighted by atomic mass is 32.2. The molecule has 1 rings (SSSR count). The third kappa shape index (κ3) is 5.20. The summed E-state index contributed by atoms with van der Waals surface area (Å²) in [5.41, 5.74) is 0.377. The van der Waals surface area contributed by atoms with Crippen LogP contribution in [0.2, 0.25) is 0 Å². The highest BCUT2D eigenvalue weighted by molar-refractivity contribution is 7.89. The maximum Gasteiger partial charge on any atom is 0.245 e. The van der Waals surface area contributed by atoms with E-state index in [1.165, 1.54) is 26.3 Å². The molecule has 1 aromatic carbocycles. The molecular formula is C14H23FN2O4S. The molecule has 0 aliphatic heterocycles. The molecule has 6 nitrogen and oxygen atoms in total. The standard InChI is InChI=1S/C14H23FN2O4S/c1-17(8-10-21-3)22(18,19)14-11-12(15)5-6-13(14)16-7-4-9-20-2/h5-6,11,16H,4,7-10H2,1-3H3. The van der Waals surface area contributed by atoms with Crippen molar-refractivity contribution >= 4 is 15.7 Å². The van der Waals surface area contributed by atoms with Crippen LogP contribution < -0.4 is 5.32 Å². The molecule has 0 radical (unpaired) electrons. The largest absolute Gasteiger partial charge is 0.385 e. The average molecular weight is 334 g/mol. The molecule has 0 heterocycles. The topological polar surface area (TPSA) is 67.9 Å². The number of anilines is 1. The van der Waals surface area contributed by atoms with Gasteiger partial charge in [-0.1, -0.05) is 0 Å². The zero-order valence-corrected chi connectivity index (χ0v) is 14.0. The Morgan fingerprint density at radius 1 is 1.23 bits per heavy atom. The van der Waals surface area contributed by atoms with Gasteiger partial charge >= 0.3 is 0 Å². The Kier molecular flexibility index (Phi) is 7.74. The molecule has 8 heteroatoms. The van der Waals surface area contributed by atoms with Crippen molar-refractivity contribution in [3.8, 4) is 0 Å². The minimum absolute atomic E-state index is 0.0801. The summed E-state index contributed by atoms with van der Waals surface area (Å²) < 4.78 is 49.5. The molecule has 0 saturated heterocycles. The van der Waals surface area contributed by atoms with Crippen molar-refractivity contribution in [3.05, 3.63) is 24.0 Å². The summed E-state index contributed by atoms with van der Waals surface area (Å²) in [6, 6.07) is 3.68. The number of benzene rings is 1. The lowest BCUT2D eigenvalue weighted by Crippen LogP contribution is -2.30. The van der Waals surface area contributed by atoms with Crippen molar-refractivity contribution in [2.45, 2.75) is 11.3 Å². The van der Waals surface area contributed by atoms with Crippen LogP contribution in [0, 0.1) is 5.82 Å². The van der Waals surface area contributed by atoms with Gasteiger partial charge in [-0.15, -0.1) is 0 Å². The van der Waals surface area contributed by atoms with E-state index in [0.29, 0.717) is 25.3 Å². The predicted octanol–water partition coefficient (Wildman–Crippen LogP) is 1.54. The number of rotatable bonds is 10. The third-order valence-corrected chi connectivity index (χ3v) is 4.98. The Hall–Kier alpha value is -1.22. The molecule has 0 saturated carbocycles. The minimum atomic E-state index is -3.79. The summed E-state index contributed by atoms with van der Waals surface area (Å²) in [4.78, 5) is -0.0801. The maximum atomic E-state index is 13.5. The Morgan fingerprint density at radius 3 is 2.55 bits per heavy atom. The average Bonchev–Trinajstić information content (AvgIpc) is 2.50. The molecule has 126 valence electrons. The second kappa shape index (κ2) is 9.04. The molecule has 0 spiro atoms. The number of methoxy groups -OCH3 is 2. The minimum Gasteiger partial charge on any atom is -0.385 e. The number of nitrogens with zero attached hydrogens (tertiary/aromatic N) is 1. The van der Waals surface area contributed by atoms with Crippen molar-refractivity contribution in [1.82, 2.24) is 4.31 Å². The lowest BCUT2D eigenvalue weighted by Gasteiger charge is -2.19. The molecule has 0 unspecified atom stereocenters. The van der Waals surface area contributed by atoms with E-state index in [4.69, 9.17) is 9.47 Å². The Bertz CT molecular complexity index is 566. The van der Waals surface area contributed by atoms with Crippen LogP contribution in [0.15, 0.2) is 23.1 Å². The van der Waals surface area contributed by atoms with Crippen LogP contribution in [-0.2, 0) is 19.5 Å². The highest BCUT2D eigenvalue weighted by Crippen LogP contribution is 2.25. The summed E-state index contributed by atoms with van der Waals surface area (Å²) >= 11 is 0. The zero-order valence-electron chi connectivity index (χ0n) is 13.1. The van der Waals surface area contributed by atoms with Gasteiger partial charge in [-0.25, -0.2) is 12.8 Å². The summed E-state index contributed by atoms with van der Waals surface area (Å²) in [6.45, 7) is 1.55. The van der Waals surface area contributed by atoms with Crippen molar-refractivity contribution in [3.63, 3.8) is 0 Å². The Morgan fingerprint density at radius 2 is 1.91 bits per heavy atom. The van der Waals surface area contributed by atoms with Crippen LogP contribution in [0.1, 0.15) is 6.42 Å². The molecule has 0 amide bonds. The zero-order chi connectivity index (χ0) is 16.6. The molecule has 0 atom stereocenters. The van der Waals surface area contributed by atoms with E-state index in [1.54, 1.807) is 7.11 Å². The molecule has 0 aliphatic carbocycles. The summed E-state index contributed by atoms with van der Waals surface area (Å²) in [7, 11) is 0.738. The first-order valence-electron chi connectivity index (χ1n) is 6.91. The van der Waals surface area contributed by atoms with Gasteiger partial charge in [0, 0.05) is 41.0 Å². The lowest BCUT2D eigenvalue weighted by molar-refractivity contribution is 0.185. The number of halogens is 1. The monoisotopic (exact) mass is 334 g/mol. The van der Waals surface area contributed by atoms with E-state index in [1.807, 2.05) is 0 Å². The van der Waals surface area contributed by atoms with Gasteiger partial charge in [-0.3, -0.25) is 0 Å². The van der Waals surface area contributed by atoms with Gasteiger partial charge in [0.15, 0.2) is 0 Å². The number of sulfonamides is 1. The van der Waals surface area contributed by atoms with E-state index in [0.717, 1.165) is 10.4 Å².